The molecule has 4 rings (SSSR count). The third kappa shape index (κ3) is 6.24. The smallest absolute Gasteiger partial charge is 0.417 e. The Morgan fingerprint density at radius 1 is 1.11 bits per heavy atom. The monoisotopic (exact) mass is 499 g/mol. The molecule has 0 unspecified atom stereocenters. The lowest BCUT2D eigenvalue weighted by Crippen LogP contribution is -2.45. The molecule has 0 aliphatic carbocycles. The Balaban J connectivity index is 1.64. The van der Waals surface area contributed by atoms with Crippen LogP contribution in [0.5, 0.6) is 5.88 Å². The molecule has 1 saturated heterocycles. The molecular formula is C25H24F3N5OS. The lowest BCUT2D eigenvalue weighted by Gasteiger charge is -2.32. The van der Waals surface area contributed by atoms with Crippen LogP contribution in [0.3, 0.4) is 0 Å². The fraction of sp³-hybridized carbons (Fsp3) is 0.320. The number of hydrogen-bond acceptors (Lipinski definition) is 7. The second-order valence-electron chi connectivity index (χ2n) is 8.33. The van der Waals surface area contributed by atoms with E-state index in [1.807, 2.05) is 31.2 Å². The molecule has 35 heavy (non-hydrogen) atoms. The molecule has 0 saturated carbocycles. The summed E-state index contributed by atoms with van der Waals surface area (Å²) in [6.45, 7) is 5.55. The molecule has 0 atom stereocenters. The van der Waals surface area contributed by atoms with Crippen LogP contribution >= 0.6 is 11.8 Å². The lowest BCUT2D eigenvalue weighted by atomic mass is 10.1. The summed E-state index contributed by atoms with van der Waals surface area (Å²) in [6.07, 6.45) is -3.05. The summed E-state index contributed by atoms with van der Waals surface area (Å²) in [7, 11) is 2.06. The maximum atomic E-state index is 13.4. The van der Waals surface area contributed by atoms with Gasteiger partial charge in [-0.25, -0.2) is 4.98 Å². The molecule has 2 aromatic carbocycles. The van der Waals surface area contributed by atoms with Crippen molar-refractivity contribution >= 4 is 17.7 Å². The van der Waals surface area contributed by atoms with Gasteiger partial charge in [0, 0.05) is 31.1 Å². The third-order valence-electron chi connectivity index (χ3n) is 5.60. The molecule has 2 heterocycles. The highest BCUT2D eigenvalue weighted by Crippen LogP contribution is 2.39. The quantitative estimate of drug-likeness (QED) is 0.464. The van der Waals surface area contributed by atoms with Gasteiger partial charge >= 0.3 is 6.18 Å². The van der Waals surface area contributed by atoms with Gasteiger partial charge in [-0.3, -0.25) is 0 Å². The Labute approximate surface area is 206 Å². The van der Waals surface area contributed by atoms with E-state index in [9.17, 15) is 13.2 Å². The van der Waals surface area contributed by atoms with Crippen molar-refractivity contribution in [1.29, 1.82) is 5.26 Å². The summed E-state index contributed by atoms with van der Waals surface area (Å²) in [4.78, 5) is 14.2. The summed E-state index contributed by atoms with van der Waals surface area (Å²) < 4.78 is 46.4. The van der Waals surface area contributed by atoms with Crippen molar-refractivity contribution in [3.05, 3.63) is 70.9 Å². The van der Waals surface area contributed by atoms with Crippen LogP contribution in [0.4, 0.5) is 19.1 Å². The molecular weight excluding hydrogens is 475 g/mol. The van der Waals surface area contributed by atoms with E-state index in [1.54, 1.807) is 12.3 Å². The zero-order valence-electron chi connectivity index (χ0n) is 19.3. The van der Waals surface area contributed by atoms with Crippen LogP contribution in [0.25, 0.3) is 0 Å². The van der Waals surface area contributed by atoms with Gasteiger partial charge < -0.3 is 14.5 Å². The normalized spacial score (nSPS) is 14.6. The van der Waals surface area contributed by atoms with Gasteiger partial charge in [-0.2, -0.15) is 23.4 Å². The summed E-state index contributed by atoms with van der Waals surface area (Å²) in [5.41, 5.74) is 0.666. The van der Waals surface area contributed by atoms with Crippen molar-refractivity contribution in [3.8, 4) is 11.9 Å². The summed E-state index contributed by atoms with van der Waals surface area (Å²) in [5.74, 6) is 0.829. The number of likely N-dealkylation sites (N-methyl/N-ethyl adjacent to an activating group) is 1. The maximum absolute atomic E-state index is 13.4. The SMILES string of the molecule is Cc1cccc(COc2nc(N3CCN(C)CC3)ncc2Sc2ccc(C#N)c(C(F)(F)F)c2)c1. The van der Waals surface area contributed by atoms with Crippen LogP contribution < -0.4 is 9.64 Å². The van der Waals surface area contributed by atoms with Gasteiger partial charge in [-0.1, -0.05) is 41.6 Å². The largest absolute Gasteiger partial charge is 0.472 e. The molecule has 6 nitrogen and oxygen atoms in total. The predicted octanol–water partition coefficient (Wildman–Crippen LogP) is 5.16. The molecule has 0 spiro atoms. The number of piperazine rings is 1. The molecule has 182 valence electrons. The fourth-order valence-electron chi connectivity index (χ4n) is 3.68. The molecule has 3 aromatic rings. The Bertz CT molecular complexity index is 1240. The van der Waals surface area contributed by atoms with Gasteiger partial charge in [0.25, 0.3) is 0 Å². The minimum Gasteiger partial charge on any atom is -0.472 e. The summed E-state index contributed by atoms with van der Waals surface area (Å²) >= 11 is 1.07. The minimum absolute atomic E-state index is 0.260. The maximum Gasteiger partial charge on any atom is 0.417 e. The number of anilines is 1. The van der Waals surface area contributed by atoms with Crippen molar-refractivity contribution < 1.29 is 17.9 Å². The number of aryl methyl sites for hydroxylation is 1. The van der Waals surface area contributed by atoms with Crippen molar-refractivity contribution in [2.45, 2.75) is 29.5 Å². The van der Waals surface area contributed by atoms with Gasteiger partial charge in [-0.15, -0.1) is 0 Å². The van der Waals surface area contributed by atoms with Crippen LogP contribution in [0.15, 0.2) is 58.5 Å². The van der Waals surface area contributed by atoms with Crippen molar-refractivity contribution in [2.24, 2.45) is 0 Å². The first kappa shape index (κ1) is 24.8. The van der Waals surface area contributed by atoms with Gasteiger partial charge in [0.15, 0.2) is 0 Å². The van der Waals surface area contributed by atoms with E-state index in [0.717, 1.165) is 55.1 Å². The number of halogens is 3. The van der Waals surface area contributed by atoms with Crippen LogP contribution in [-0.4, -0.2) is 48.1 Å². The first-order chi connectivity index (χ1) is 16.7. The Kier molecular flexibility index (Phi) is 7.48. The van der Waals surface area contributed by atoms with Crippen LogP contribution in [0.2, 0.25) is 0 Å². The van der Waals surface area contributed by atoms with E-state index in [-0.39, 0.29) is 6.61 Å². The number of aromatic nitrogens is 2. The van der Waals surface area contributed by atoms with E-state index < -0.39 is 17.3 Å². The zero-order chi connectivity index (χ0) is 25.0. The van der Waals surface area contributed by atoms with Crippen molar-refractivity contribution in [2.75, 3.05) is 38.1 Å². The number of benzene rings is 2. The van der Waals surface area contributed by atoms with E-state index in [1.165, 1.54) is 12.1 Å². The predicted molar refractivity (Wildman–Crippen MR) is 128 cm³/mol. The Morgan fingerprint density at radius 3 is 2.57 bits per heavy atom. The van der Waals surface area contributed by atoms with Gasteiger partial charge in [0.2, 0.25) is 11.8 Å². The number of ether oxygens (including phenoxy) is 1. The van der Waals surface area contributed by atoms with Crippen LogP contribution in [0.1, 0.15) is 22.3 Å². The molecule has 1 aliphatic rings. The van der Waals surface area contributed by atoms with Crippen LogP contribution in [0, 0.1) is 18.3 Å². The van der Waals surface area contributed by atoms with Gasteiger partial charge in [0.1, 0.15) is 6.61 Å². The number of hydrogen-bond donors (Lipinski definition) is 0. The molecule has 1 fully saturated rings. The van der Waals surface area contributed by atoms with E-state index in [4.69, 9.17) is 10.00 Å². The van der Waals surface area contributed by atoms with Crippen molar-refractivity contribution in [3.63, 3.8) is 0 Å². The number of nitriles is 1. The average Bonchev–Trinajstić information content (AvgIpc) is 2.83. The molecule has 1 aromatic heterocycles. The Morgan fingerprint density at radius 2 is 1.89 bits per heavy atom. The number of rotatable bonds is 6. The van der Waals surface area contributed by atoms with Crippen LogP contribution in [-0.2, 0) is 12.8 Å². The van der Waals surface area contributed by atoms with Gasteiger partial charge in [-0.05, 0) is 37.7 Å². The third-order valence-corrected chi connectivity index (χ3v) is 6.59. The molecule has 0 radical (unpaired) electrons. The number of nitrogens with zero attached hydrogens (tertiary/aromatic N) is 5. The second kappa shape index (κ2) is 10.5. The molecule has 0 amide bonds. The highest BCUT2D eigenvalue weighted by Gasteiger charge is 2.34. The molecule has 0 bridgehead atoms. The molecule has 0 N–H and O–H groups in total. The van der Waals surface area contributed by atoms with Crippen molar-refractivity contribution in [1.82, 2.24) is 14.9 Å². The van der Waals surface area contributed by atoms with E-state index >= 15 is 0 Å². The first-order valence-corrected chi connectivity index (χ1v) is 11.8. The topological polar surface area (TPSA) is 65.3 Å². The standard InChI is InChI=1S/C25H24F3N5OS/c1-17-4-3-5-18(12-17)16-34-23-22(15-30-24(31-23)33-10-8-32(2)9-11-33)35-20-7-6-19(14-29)21(13-20)25(26,27)28/h3-7,12-13,15H,8-11,16H2,1-2H3. The minimum atomic E-state index is -4.63. The first-order valence-electron chi connectivity index (χ1n) is 11.0. The highest BCUT2D eigenvalue weighted by atomic mass is 32.2. The van der Waals surface area contributed by atoms with Gasteiger partial charge in [0.05, 0.1) is 28.3 Å². The Hall–Kier alpha value is -3.29. The number of alkyl halides is 3. The fourth-order valence-corrected chi connectivity index (χ4v) is 4.54. The average molecular weight is 500 g/mol. The molecule has 10 heteroatoms. The lowest BCUT2D eigenvalue weighted by molar-refractivity contribution is -0.137. The summed E-state index contributed by atoms with van der Waals surface area (Å²) in [5, 5.41) is 9.07. The van der Waals surface area contributed by atoms with E-state index in [0.29, 0.717) is 21.6 Å². The molecule has 1 aliphatic heterocycles. The van der Waals surface area contributed by atoms with E-state index in [2.05, 4.69) is 26.8 Å². The highest BCUT2D eigenvalue weighted by molar-refractivity contribution is 7.99. The zero-order valence-corrected chi connectivity index (χ0v) is 20.2. The summed E-state index contributed by atoms with van der Waals surface area (Å²) in [6, 6.07) is 13.1. The second-order valence-corrected chi connectivity index (χ2v) is 9.44.